The second-order valence-corrected chi connectivity index (χ2v) is 8.30. The van der Waals surface area contributed by atoms with Gasteiger partial charge in [-0.05, 0) is 26.5 Å². The molecule has 1 heterocycles. The lowest BCUT2D eigenvalue weighted by atomic mass is 10.0. The van der Waals surface area contributed by atoms with Crippen LogP contribution in [-0.2, 0) is 0 Å². The van der Waals surface area contributed by atoms with E-state index in [0.717, 1.165) is 21.6 Å². The smallest absolute Gasteiger partial charge is 0.175 e. The van der Waals surface area contributed by atoms with Crippen molar-refractivity contribution in [2.75, 3.05) is 12.8 Å². The van der Waals surface area contributed by atoms with E-state index in [2.05, 4.69) is 43.2 Å². The van der Waals surface area contributed by atoms with Crippen LogP contribution in [0.5, 0.6) is 0 Å². The zero-order chi connectivity index (χ0) is 12.9. The van der Waals surface area contributed by atoms with E-state index in [-0.39, 0.29) is 5.54 Å². The summed E-state index contributed by atoms with van der Waals surface area (Å²) in [4.78, 5) is 0. The van der Waals surface area contributed by atoms with Crippen LogP contribution in [0.1, 0.15) is 34.1 Å². The standard InChI is InChI=1S/C11H21N3S3/c1-6-11(3,4)12-7-8(2)16-10-14-13-9(15-5)17-10/h8,12H,6-7H2,1-5H3. The Bertz CT molecular complexity index is 338. The maximum atomic E-state index is 4.17. The Hall–Kier alpha value is 0.220. The lowest BCUT2D eigenvalue weighted by molar-refractivity contribution is 0.379. The van der Waals surface area contributed by atoms with Crippen molar-refractivity contribution in [3.05, 3.63) is 0 Å². The molecular formula is C11H21N3S3. The number of aromatic nitrogens is 2. The molecule has 0 aromatic carbocycles. The molecule has 0 aliphatic carbocycles. The van der Waals surface area contributed by atoms with Crippen molar-refractivity contribution in [3.8, 4) is 0 Å². The quantitative estimate of drug-likeness (QED) is 0.778. The van der Waals surface area contributed by atoms with E-state index in [4.69, 9.17) is 0 Å². The van der Waals surface area contributed by atoms with Gasteiger partial charge < -0.3 is 5.32 Å². The maximum Gasteiger partial charge on any atom is 0.175 e. The van der Waals surface area contributed by atoms with Gasteiger partial charge in [-0.2, -0.15) is 0 Å². The molecule has 0 spiro atoms. The fourth-order valence-electron chi connectivity index (χ4n) is 1.09. The third-order valence-corrected chi connectivity index (χ3v) is 5.70. The Morgan fingerprint density at radius 1 is 1.35 bits per heavy atom. The van der Waals surface area contributed by atoms with Gasteiger partial charge in [-0.3, -0.25) is 0 Å². The van der Waals surface area contributed by atoms with Crippen LogP contribution in [0.25, 0.3) is 0 Å². The van der Waals surface area contributed by atoms with Gasteiger partial charge in [0.05, 0.1) is 0 Å². The van der Waals surface area contributed by atoms with Crippen LogP contribution >= 0.6 is 34.9 Å². The minimum atomic E-state index is 0.223. The van der Waals surface area contributed by atoms with Gasteiger partial charge in [0.15, 0.2) is 8.68 Å². The van der Waals surface area contributed by atoms with Crippen LogP contribution in [0, 0.1) is 0 Å². The summed E-state index contributed by atoms with van der Waals surface area (Å²) in [5.41, 5.74) is 0.223. The molecule has 17 heavy (non-hydrogen) atoms. The normalized spacial score (nSPS) is 13.9. The number of rotatable bonds is 7. The number of thioether (sulfide) groups is 2. The van der Waals surface area contributed by atoms with Gasteiger partial charge in [-0.15, -0.1) is 10.2 Å². The van der Waals surface area contributed by atoms with Crippen molar-refractivity contribution < 1.29 is 0 Å². The van der Waals surface area contributed by atoms with Gasteiger partial charge in [0.25, 0.3) is 0 Å². The van der Waals surface area contributed by atoms with Crippen molar-refractivity contribution in [2.45, 2.75) is 53.6 Å². The van der Waals surface area contributed by atoms with E-state index in [0.29, 0.717) is 5.25 Å². The Labute approximate surface area is 117 Å². The number of hydrogen-bond acceptors (Lipinski definition) is 6. The molecule has 1 rings (SSSR count). The number of hydrogen-bond donors (Lipinski definition) is 1. The first-order valence-corrected chi connectivity index (χ1v) is 8.68. The van der Waals surface area contributed by atoms with Gasteiger partial charge in [-0.25, -0.2) is 0 Å². The summed E-state index contributed by atoms with van der Waals surface area (Å²) < 4.78 is 2.11. The van der Waals surface area contributed by atoms with E-state index in [9.17, 15) is 0 Å². The first-order valence-electron chi connectivity index (χ1n) is 5.76. The molecule has 0 aliphatic rings. The molecule has 0 amide bonds. The first kappa shape index (κ1) is 15.3. The number of nitrogens with one attached hydrogen (secondary N) is 1. The highest BCUT2D eigenvalue weighted by Crippen LogP contribution is 2.30. The van der Waals surface area contributed by atoms with Gasteiger partial charge >= 0.3 is 0 Å². The fraction of sp³-hybridized carbons (Fsp3) is 0.818. The maximum absolute atomic E-state index is 4.17. The zero-order valence-electron chi connectivity index (χ0n) is 11.1. The Kier molecular flexibility index (Phi) is 6.26. The third kappa shape index (κ3) is 5.59. The van der Waals surface area contributed by atoms with Crippen molar-refractivity contribution in [3.63, 3.8) is 0 Å². The van der Waals surface area contributed by atoms with E-state index in [1.54, 1.807) is 34.9 Å². The lowest BCUT2D eigenvalue weighted by Gasteiger charge is -2.26. The van der Waals surface area contributed by atoms with Crippen molar-refractivity contribution >= 4 is 34.9 Å². The molecule has 1 aromatic rings. The van der Waals surface area contributed by atoms with E-state index in [1.807, 2.05) is 6.26 Å². The zero-order valence-corrected chi connectivity index (χ0v) is 13.6. The van der Waals surface area contributed by atoms with E-state index >= 15 is 0 Å². The van der Waals surface area contributed by atoms with Crippen molar-refractivity contribution in [1.29, 1.82) is 0 Å². The molecule has 1 aromatic heterocycles. The van der Waals surface area contributed by atoms with E-state index < -0.39 is 0 Å². The van der Waals surface area contributed by atoms with E-state index in [1.165, 1.54) is 0 Å². The monoisotopic (exact) mass is 291 g/mol. The minimum absolute atomic E-state index is 0.223. The highest BCUT2D eigenvalue weighted by molar-refractivity contribution is 8.03. The Morgan fingerprint density at radius 3 is 2.53 bits per heavy atom. The van der Waals surface area contributed by atoms with Crippen LogP contribution in [0.2, 0.25) is 0 Å². The summed E-state index contributed by atoms with van der Waals surface area (Å²) in [7, 11) is 0. The predicted molar refractivity (Wildman–Crippen MR) is 79.4 cm³/mol. The molecule has 0 saturated heterocycles. The van der Waals surface area contributed by atoms with Crippen LogP contribution in [0.15, 0.2) is 8.68 Å². The van der Waals surface area contributed by atoms with Gasteiger partial charge in [0, 0.05) is 17.3 Å². The molecular weight excluding hydrogens is 270 g/mol. The summed E-state index contributed by atoms with van der Waals surface area (Å²) in [6.07, 6.45) is 3.17. The molecule has 0 radical (unpaired) electrons. The largest absolute Gasteiger partial charge is 0.311 e. The lowest BCUT2D eigenvalue weighted by Crippen LogP contribution is -2.41. The minimum Gasteiger partial charge on any atom is -0.311 e. The Morgan fingerprint density at radius 2 is 2.00 bits per heavy atom. The second kappa shape index (κ2) is 6.97. The summed E-state index contributed by atoms with van der Waals surface area (Å²) in [6, 6.07) is 0. The molecule has 0 saturated carbocycles. The summed E-state index contributed by atoms with van der Waals surface area (Å²) >= 11 is 5.13. The van der Waals surface area contributed by atoms with Crippen LogP contribution in [0.3, 0.4) is 0 Å². The topological polar surface area (TPSA) is 37.8 Å². The highest BCUT2D eigenvalue weighted by Gasteiger charge is 2.16. The van der Waals surface area contributed by atoms with Gasteiger partial charge in [0.1, 0.15) is 0 Å². The number of nitrogens with zero attached hydrogens (tertiary/aromatic N) is 2. The van der Waals surface area contributed by atoms with Crippen LogP contribution in [-0.4, -0.2) is 33.8 Å². The molecule has 0 fully saturated rings. The third-order valence-electron chi connectivity index (χ3n) is 2.62. The Balaban J connectivity index is 2.36. The first-order chi connectivity index (χ1) is 7.96. The molecule has 98 valence electrons. The summed E-state index contributed by atoms with van der Waals surface area (Å²) in [5.74, 6) is 0. The van der Waals surface area contributed by atoms with Crippen molar-refractivity contribution in [2.24, 2.45) is 0 Å². The van der Waals surface area contributed by atoms with Crippen LogP contribution < -0.4 is 5.32 Å². The average Bonchev–Trinajstić information content (AvgIpc) is 2.74. The van der Waals surface area contributed by atoms with Crippen LogP contribution in [0.4, 0.5) is 0 Å². The molecule has 3 nitrogen and oxygen atoms in total. The molecule has 0 bridgehead atoms. The molecule has 0 aliphatic heterocycles. The fourth-order valence-corrected chi connectivity index (χ4v) is 3.77. The van der Waals surface area contributed by atoms with Crippen molar-refractivity contribution in [1.82, 2.24) is 15.5 Å². The molecule has 6 heteroatoms. The summed E-state index contributed by atoms with van der Waals surface area (Å²) in [6.45, 7) is 9.91. The second-order valence-electron chi connectivity index (χ2n) is 4.58. The van der Waals surface area contributed by atoms with Gasteiger partial charge in [0.2, 0.25) is 0 Å². The SMILES string of the molecule is CCC(C)(C)NCC(C)Sc1nnc(SC)s1. The summed E-state index contributed by atoms with van der Waals surface area (Å²) in [5, 5.41) is 12.4. The van der Waals surface area contributed by atoms with Gasteiger partial charge in [-0.1, -0.05) is 48.7 Å². The average molecular weight is 292 g/mol. The highest BCUT2D eigenvalue weighted by atomic mass is 32.2. The molecule has 1 atom stereocenters. The molecule has 1 N–H and O–H groups in total. The predicted octanol–water partition coefficient (Wildman–Crippen LogP) is 3.52. The molecule has 1 unspecified atom stereocenters.